The highest BCUT2D eigenvalue weighted by Gasteiger charge is 2.62. The van der Waals surface area contributed by atoms with E-state index in [2.05, 4.69) is 27.5 Å². The lowest BCUT2D eigenvalue weighted by atomic mass is 9.85. The number of alkyl carbamates (subject to hydrolysis) is 1. The van der Waals surface area contributed by atoms with Crippen LogP contribution in [0.4, 0.5) is 9.59 Å². The zero-order valence-electron chi connectivity index (χ0n) is 31.4. The van der Waals surface area contributed by atoms with Gasteiger partial charge in [-0.25, -0.2) is 18.0 Å². The van der Waals surface area contributed by atoms with Gasteiger partial charge in [-0.3, -0.25) is 24.0 Å². The number of ether oxygens (including phenoxy) is 2. The first kappa shape index (κ1) is 38.5. The second kappa shape index (κ2) is 14.4. The van der Waals surface area contributed by atoms with Gasteiger partial charge in [0.2, 0.25) is 21.8 Å². The first-order chi connectivity index (χ1) is 25.5. The Balaban J connectivity index is 1.16. The first-order valence-corrected chi connectivity index (χ1v) is 21.5. The van der Waals surface area contributed by atoms with Crippen molar-refractivity contribution in [2.24, 2.45) is 16.7 Å². The van der Waals surface area contributed by atoms with E-state index in [1.165, 1.54) is 4.90 Å². The summed E-state index contributed by atoms with van der Waals surface area (Å²) in [6.45, 7) is 8.02. The summed E-state index contributed by atoms with van der Waals surface area (Å²) in [5.74, 6) is -1.59. The number of thioether (sulfide) groups is 1. The maximum atomic E-state index is 14.5. The number of nitrogens with one attached hydrogen (secondary N) is 3. The maximum Gasteiger partial charge on any atom is 0.410 e. The predicted molar refractivity (Wildman–Crippen MR) is 199 cm³/mol. The molecule has 4 fully saturated rings. The second-order valence-corrected chi connectivity index (χ2v) is 20.0. The molecule has 0 radical (unpaired) electrons. The fourth-order valence-electron chi connectivity index (χ4n) is 7.86. The van der Waals surface area contributed by atoms with Crippen LogP contribution in [0.25, 0.3) is 0 Å². The third-order valence-corrected chi connectivity index (χ3v) is 14.6. The highest BCUT2D eigenvalue weighted by Crippen LogP contribution is 2.49. The van der Waals surface area contributed by atoms with Gasteiger partial charge in [0.15, 0.2) is 0 Å². The predicted octanol–water partition coefficient (Wildman–Crippen LogP) is 3.97. The molecule has 5 amide bonds. The summed E-state index contributed by atoms with van der Waals surface area (Å²) in [5.41, 5.74) is -0.333. The number of hydrogen-bond acceptors (Lipinski definition) is 10. The zero-order valence-corrected chi connectivity index (χ0v) is 33.0. The lowest BCUT2D eigenvalue weighted by Crippen LogP contribution is -2.60. The van der Waals surface area contributed by atoms with E-state index in [9.17, 15) is 32.4 Å². The minimum Gasteiger partial charge on any atom is -0.449 e. The van der Waals surface area contributed by atoms with Crippen molar-refractivity contribution >= 4 is 51.7 Å². The van der Waals surface area contributed by atoms with Crippen LogP contribution >= 0.6 is 11.8 Å². The normalized spacial score (nSPS) is 30.4. The average Bonchev–Trinajstić information content (AvgIpc) is 4.07. The molecule has 1 aromatic carbocycles. The lowest BCUT2D eigenvalue weighted by molar-refractivity contribution is -0.143. The quantitative estimate of drug-likeness (QED) is 0.357. The number of carbonyl (C=O) groups is 5. The van der Waals surface area contributed by atoms with Gasteiger partial charge in [-0.15, -0.1) is 11.8 Å². The summed E-state index contributed by atoms with van der Waals surface area (Å²) >= 11 is 1.69. The topological polar surface area (TPSA) is 181 Å². The number of carbonyl (C=O) groups excluding carboxylic acids is 5. The minimum atomic E-state index is -3.88. The maximum absolute atomic E-state index is 14.5. The van der Waals surface area contributed by atoms with Crippen molar-refractivity contribution in [3.8, 4) is 0 Å². The van der Waals surface area contributed by atoms with Crippen molar-refractivity contribution in [1.82, 2.24) is 25.2 Å². The molecule has 3 aliphatic heterocycles. The summed E-state index contributed by atoms with van der Waals surface area (Å²) in [5, 5.41) is 4.97. The summed E-state index contributed by atoms with van der Waals surface area (Å²) < 4.78 is 39.3. The largest absolute Gasteiger partial charge is 0.449 e. The van der Waals surface area contributed by atoms with Crippen LogP contribution in [0.1, 0.15) is 90.2 Å². The van der Waals surface area contributed by atoms with Gasteiger partial charge < -0.3 is 25.0 Å². The van der Waals surface area contributed by atoms with Crippen molar-refractivity contribution in [3.05, 3.63) is 41.5 Å². The van der Waals surface area contributed by atoms with Crippen molar-refractivity contribution in [3.63, 3.8) is 0 Å². The molecule has 4 bridgehead atoms. The smallest absolute Gasteiger partial charge is 0.410 e. The summed E-state index contributed by atoms with van der Waals surface area (Å²) in [4.78, 5) is 73.3. The van der Waals surface area contributed by atoms with Gasteiger partial charge in [0.05, 0.1) is 24.9 Å². The zero-order chi connectivity index (χ0) is 38.6. The van der Waals surface area contributed by atoms with Crippen LogP contribution in [-0.4, -0.2) is 96.0 Å². The molecule has 5 atom stereocenters. The molecule has 294 valence electrons. The number of sulfonamides is 1. The van der Waals surface area contributed by atoms with Crippen LogP contribution in [0.5, 0.6) is 0 Å². The number of amides is 5. The van der Waals surface area contributed by atoms with E-state index in [0.717, 1.165) is 41.0 Å². The van der Waals surface area contributed by atoms with E-state index in [-0.39, 0.29) is 37.3 Å². The van der Waals surface area contributed by atoms with Crippen molar-refractivity contribution < 1.29 is 41.9 Å². The summed E-state index contributed by atoms with van der Waals surface area (Å²) in [6.07, 6.45) is 6.28. The third kappa shape index (κ3) is 7.96. The molecule has 14 nitrogen and oxygen atoms in total. The van der Waals surface area contributed by atoms with Gasteiger partial charge in [0.1, 0.15) is 23.7 Å². The molecule has 3 aliphatic carbocycles. The van der Waals surface area contributed by atoms with E-state index in [4.69, 9.17) is 9.47 Å². The van der Waals surface area contributed by atoms with Gasteiger partial charge in [-0.1, -0.05) is 58.4 Å². The van der Waals surface area contributed by atoms with Crippen LogP contribution in [0.2, 0.25) is 0 Å². The molecule has 1 saturated heterocycles. The molecule has 54 heavy (non-hydrogen) atoms. The highest BCUT2D eigenvalue weighted by atomic mass is 32.2. The fourth-order valence-corrected chi connectivity index (χ4v) is 10.2. The minimum absolute atomic E-state index is 0.0593. The van der Waals surface area contributed by atoms with Gasteiger partial charge in [0, 0.05) is 29.0 Å². The second-order valence-electron chi connectivity index (χ2n) is 16.9. The van der Waals surface area contributed by atoms with E-state index in [1.54, 1.807) is 37.4 Å². The molecule has 16 heteroatoms. The molecule has 3 N–H and O–H groups in total. The summed E-state index contributed by atoms with van der Waals surface area (Å²) in [7, 11) is -3.88. The fraction of sp³-hybridized carbons (Fsp3) is 0.658. The summed E-state index contributed by atoms with van der Waals surface area (Å²) in [6, 6.07) is 3.72. The molecule has 7 rings (SSSR count). The van der Waals surface area contributed by atoms with Crippen LogP contribution in [-0.2, 0) is 47.0 Å². The Kier molecular flexibility index (Phi) is 10.2. The Morgan fingerprint density at radius 1 is 1.09 bits per heavy atom. The molecule has 3 heterocycles. The number of hydrogen-bond donors (Lipinski definition) is 3. The van der Waals surface area contributed by atoms with Gasteiger partial charge in [0.25, 0.3) is 5.91 Å². The number of cyclic esters (lactones) is 1. The van der Waals surface area contributed by atoms with E-state index in [0.29, 0.717) is 32.4 Å². The molecule has 1 spiro atoms. The number of rotatable bonds is 6. The van der Waals surface area contributed by atoms with Crippen LogP contribution in [0.3, 0.4) is 0 Å². The Hall–Kier alpha value is -3.79. The highest BCUT2D eigenvalue weighted by molar-refractivity contribution is 7.99. The van der Waals surface area contributed by atoms with Crippen molar-refractivity contribution in [1.29, 1.82) is 0 Å². The Morgan fingerprint density at radius 3 is 2.52 bits per heavy atom. The molecule has 0 aromatic heterocycles. The Bertz CT molecular complexity index is 1850. The first-order valence-electron chi connectivity index (χ1n) is 19.0. The molecular weight excluding hydrogens is 735 g/mol. The average molecular weight is 786 g/mol. The number of nitrogens with zero attached hydrogens (tertiary/aromatic N) is 2. The van der Waals surface area contributed by atoms with Crippen LogP contribution in [0, 0.1) is 16.7 Å². The van der Waals surface area contributed by atoms with Crippen molar-refractivity contribution in [2.75, 3.05) is 18.9 Å². The third-order valence-electron chi connectivity index (χ3n) is 11.8. The van der Waals surface area contributed by atoms with Gasteiger partial charge in [-0.05, 0) is 67.1 Å². The van der Waals surface area contributed by atoms with Gasteiger partial charge in [-0.2, -0.15) is 0 Å². The standard InChI is InChI=1S/C38H51N5O9S2/c1-5-24-18-38(24,33(46)41-54(49,50)26-11-12-26)40-31(44)28-17-25-20-43(28)32(45)30(36(2,3)4)39-34(47)51-22-37(14-15-37)13-6-7-16-53-29-10-8-9-23-19-42(21-27(23)29)35(48)52-25/h6-10,24-26,28,30H,5,11-22H2,1-4H3,(H,39,47)(H,40,44)(H,41,46)/b7-6+/t24-,25+,28?,30+,38-/m0/s1. The Labute approximate surface area is 320 Å². The van der Waals surface area contributed by atoms with Gasteiger partial charge >= 0.3 is 12.2 Å². The van der Waals surface area contributed by atoms with E-state index >= 15 is 0 Å². The lowest BCUT2D eigenvalue weighted by Gasteiger charge is -2.35. The van der Waals surface area contributed by atoms with E-state index < -0.39 is 74.3 Å². The SMILES string of the molecule is CC[C@H]1C[C@@]1(NC(=O)C1C[C@@H]2CN1C(=O)[C@H](C(C)(C)C)NC(=O)OCC1(C/C=C/CSc3cccc4c3CN(C4)C(=O)O2)CC1)C(=O)NS(=O)(=O)C1CC1. The number of allylic oxidation sites excluding steroid dienone is 1. The molecule has 1 unspecified atom stereocenters. The van der Waals surface area contributed by atoms with Crippen LogP contribution < -0.4 is 15.4 Å². The molecule has 3 saturated carbocycles. The number of benzene rings is 1. The molecule has 1 aromatic rings. The Morgan fingerprint density at radius 2 is 1.85 bits per heavy atom. The monoisotopic (exact) mass is 785 g/mol. The number of fused-ring (bicyclic) bond motifs is 3. The van der Waals surface area contributed by atoms with Crippen LogP contribution in [0.15, 0.2) is 35.2 Å². The van der Waals surface area contributed by atoms with E-state index in [1.807, 2.05) is 25.1 Å². The molecular formula is C38H51N5O9S2. The molecule has 6 aliphatic rings. The van der Waals surface area contributed by atoms with Crippen molar-refractivity contribution in [2.45, 2.75) is 126 Å².